The van der Waals surface area contributed by atoms with Gasteiger partial charge in [-0.2, -0.15) is 5.10 Å². The topological polar surface area (TPSA) is 64.2 Å². The van der Waals surface area contributed by atoms with Crippen molar-refractivity contribution in [3.05, 3.63) is 48.3 Å². The molecule has 1 fully saturated rings. The summed E-state index contributed by atoms with van der Waals surface area (Å²) < 4.78 is 1.80. The number of carbonyl (C=O) groups excluding carboxylic acids is 1. The van der Waals surface area contributed by atoms with Crippen molar-refractivity contribution in [2.75, 3.05) is 13.1 Å². The summed E-state index contributed by atoms with van der Waals surface area (Å²) in [5.74, 6) is 0.176. The van der Waals surface area contributed by atoms with Gasteiger partial charge in [0.05, 0.1) is 12.1 Å². The van der Waals surface area contributed by atoms with Gasteiger partial charge in [-0.15, -0.1) is 12.4 Å². The van der Waals surface area contributed by atoms with Crippen molar-refractivity contribution < 1.29 is 4.79 Å². The summed E-state index contributed by atoms with van der Waals surface area (Å²) in [6, 6.07) is 10.1. The summed E-state index contributed by atoms with van der Waals surface area (Å²) in [6.07, 6.45) is 6.18. The van der Waals surface area contributed by atoms with Crippen LogP contribution in [0.4, 0.5) is 0 Å². The Bertz CT molecular complexity index is 597. The van der Waals surface area contributed by atoms with Crippen LogP contribution in [0, 0.1) is 0 Å². The molecule has 2 N–H and O–H groups in total. The Morgan fingerprint density at radius 2 is 2.09 bits per heavy atom. The van der Waals surface area contributed by atoms with Crippen LogP contribution < -0.4 is 5.73 Å². The molecule has 0 saturated carbocycles. The fourth-order valence-electron chi connectivity index (χ4n) is 2.87. The Balaban J connectivity index is 0.00000176. The van der Waals surface area contributed by atoms with E-state index in [1.165, 1.54) is 0 Å². The fourth-order valence-corrected chi connectivity index (χ4v) is 2.87. The van der Waals surface area contributed by atoms with E-state index >= 15 is 0 Å². The molecule has 0 aliphatic carbocycles. The summed E-state index contributed by atoms with van der Waals surface area (Å²) in [7, 11) is 0. The van der Waals surface area contributed by atoms with Crippen molar-refractivity contribution in [3.63, 3.8) is 0 Å². The van der Waals surface area contributed by atoms with Crippen molar-refractivity contribution in [3.8, 4) is 5.69 Å². The minimum atomic E-state index is 0. The monoisotopic (exact) mass is 320 g/mol. The average Bonchev–Trinajstić information content (AvgIpc) is 3.19. The normalized spacial score (nSPS) is 17.3. The number of carbonyl (C=O) groups is 1. The first kappa shape index (κ1) is 16.5. The summed E-state index contributed by atoms with van der Waals surface area (Å²) in [5.41, 5.74) is 7.75. The second-order valence-electron chi connectivity index (χ2n) is 5.41. The molecule has 1 aromatic carbocycles. The minimum absolute atomic E-state index is 0. The molecule has 1 saturated heterocycles. The third kappa shape index (κ3) is 3.48. The van der Waals surface area contributed by atoms with E-state index in [2.05, 4.69) is 5.10 Å². The standard InChI is InChI=1S/C16H20N4O.ClH/c17-12-15-3-1-9-19(15)16(21)11-13-4-6-14(7-5-13)20-10-2-8-18-20;/h2,4-8,10,15H,1,3,9,11-12,17H2;1H. The molecule has 1 unspecified atom stereocenters. The zero-order valence-electron chi connectivity index (χ0n) is 12.4. The molecule has 1 aromatic heterocycles. The van der Waals surface area contributed by atoms with Crippen molar-refractivity contribution in [2.45, 2.75) is 25.3 Å². The van der Waals surface area contributed by atoms with Gasteiger partial charge in [0, 0.05) is 31.5 Å². The van der Waals surface area contributed by atoms with Gasteiger partial charge in [-0.1, -0.05) is 12.1 Å². The van der Waals surface area contributed by atoms with Gasteiger partial charge in [0.1, 0.15) is 0 Å². The number of nitrogens with two attached hydrogens (primary N) is 1. The van der Waals surface area contributed by atoms with Crippen LogP contribution in [0.3, 0.4) is 0 Å². The Morgan fingerprint density at radius 3 is 2.73 bits per heavy atom. The number of aromatic nitrogens is 2. The number of amides is 1. The van der Waals surface area contributed by atoms with Crippen molar-refractivity contribution in [1.29, 1.82) is 0 Å². The van der Waals surface area contributed by atoms with E-state index in [-0.39, 0.29) is 24.4 Å². The van der Waals surface area contributed by atoms with Gasteiger partial charge in [0.2, 0.25) is 5.91 Å². The molecule has 1 aliphatic rings. The van der Waals surface area contributed by atoms with E-state index in [0.717, 1.165) is 30.6 Å². The lowest BCUT2D eigenvalue weighted by Crippen LogP contribution is -2.40. The molecule has 2 heterocycles. The third-order valence-electron chi connectivity index (χ3n) is 4.03. The van der Waals surface area contributed by atoms with E-state index in [0.29, 0.717) is 13.0 Å². The van der Waals surface area contributed by atoms with Gasteiger partial charge in [-0.3, -0.25) is 4.79 Å². The molecular weight excluding hydrogens is 300 g/mol. The summed E-state index contributed by atoms with van der Waals surface area (Å²) in [6.45, 7) is 1.40. The van der Waals surface area contributed by atoms with E-state index in [4.69, 9.17) is 5.73 Å². The Kier molecular flexibility index (Phi) is 5.57. The second kappa shape index (κ2) is 7.42. The number of benzene rings is 1. The predicted octanol–water partition coefficient (Wildman–Crippen LogP) is 1.79. The first-order chi connectivity index (χ1) is 10.3. The first-order valence-electron chi connectivity index (χ1n) is 7.36. The highest BCUT2D eigenvalue weighted by Crippen LogP contribution is 2.18. The van der Waals surface area contributed by atoms with E-state index in [1.807, 2.05) is 41.4 Å². The largest absolute Gasteiger partial charge is 0.338 e. The zero-order chi connectivity index (χ0) is 14.7. The van der Waals surface area contributed by atoms with Crippen LogP contribution >= 0.6 is 12.4 Å². The molecule has 0 spiro atoms. The summed E-state index contributed by atoms with van der Waals surface area (Å²) >= 11 is 0. The Labute approximate surface area is 136 Å². The molecule has 2 aromatic rings. The molecule has 5 nitrogen and oxygen atoms in total. The number of hydrogen-bond acceptors (Lipinski definition) is 3. The molecule has 0 radical (unpaired) electrons. The average molecular weight is 321 g/mol. The zero-order valence-corrected chi connectivity index (χ0v) is 13.2. The van der Waals surface area contributed by atoms with E-state index in [9.17, 15) is 4.79 Å². The summed E-state index contributed by atoms with van der Waals surface area (Å²) in [5, 5.41) is 4.19. The van der Waals surface area contributed by atoms with Crippen molar-refractivity contribution in [1.82, 2.24) is 14.7 Å². The molecule has 1 atom stereocenters. The molecular formula is C16H21ClN4O. The van der Waals surface area contributed by atoms with Crippen LogP contribution in [0.25, 0.3) is 5.69 Å². The van der Waals surface area contributed by atoms with Gasteiger partial charge in [0.25, 0.3) is 0 Å². The van der Waals surface area contributed by atoms with Crippen molar-refractivity contribution >= 4 is 18.3 Å². The number of nitrogens with zero attached hydrogens (tertiary/aromatic N) is 3. The van der Waals surface area contributed by atoms with Crippen LogP contribution in [0.15, 0.2) is 42.7 Å². The molecule has 1 aliphatic heterocycles. The van der Waals surface area contributed by atoms with Crippen molar-refractivity contribution in [2.24, 2.45) is 5.73 Å². The molecule has 22 heavy (non-hydrogen) atoms. The van der Waals surface area contributed by atoms with Gasteiger partial charge in [-0.05, 0) is 36.6 Å². The van der Waals surface area contributed by atoms with Crippen LogP contribution in [0.5, 0.6) is 0 Å². The summed E-state index contributed by atoms with van der Waals surface area (Å²) in [4.78, 5) is 14.3. The van der Waals surface area contributed by atoms with Crippen LogP contribution in [0.2, 0.25) is 0 Å². The van der Waals surface area contributed by atoms with Crippen LogP contribution in [0.1, 0.15) is 18.4 Å². The number of likely N-dealkylation sites (tertiary alicyclic amines) is 1. The van der Waals surface area contributed by atoms with Gasteiger partial charge in [-0.25, -0.2) is 4.68 Å². The third-order valence-corrected chi connectivity index (χ3v) is 4.03. The van der Waals surface area contributed by atoms with Gasteiger partial charge >= 0.3 is 0 Å². The quantitative estimate of drug-likeness (QED) is 0.934. The molecule has 3 rings (SSSR count). The van der Waals surface area contributed by atoms with E-state index < -0.39 is 0 Å². The first-order valence-corrected chi connectivity index (χ1v) is 7.36. The van der Waals surface area contributed by atoms with E-state index in [1.54, 1.807) is 10.9 Å². The number of rotatable bonds is 4. The highest BCUT2D eigenvalue weighted by molar-refractivity contribution is 5.85. The van der Waals surface area contributed by atoms with Gasteiger partial charge in [0.15, 0.2) is 0 Å². The number of hydrogen-bond donors (Lipinski definition) is 1. The van der Waals surface area contributed by atoms with Gasteiger partial charge < -0.3 is 10.6 Å². The molecule has 118 valence electrons. The maximum atomic E-state index is 12.4. The Hall–Kier alpha value is -1.85. The highest BCUT2D eigenvalue weighted by atomic mass is 35.5. The lowest BCUT2D eigenvalue weighted by Gasteiger charge is -2.23. The second-order valence-corrected chi connectivity index (χ2v) is 5.41. The van der Waals surface area contributed by atoms with Crippen LogP contribution in [-0.2, 0) is 11.2 Å². The molecule has 6 heteroatoms. The maximum Gasteiger partial charge on any atom is 0.227 e. The lowest BCUT2D eigenvalue weighted by atomic mass is 10.1. The fraction of sp³-hybridized carbons (Fsp3) is 0.375. The Morgan fingerprint density at radius 1 is 1.32 bits per heavy atom. The maximum absolute atomic E-state index is 12.4. The smallest absolute Gasteiger partial charge is 0.227 e. The molecule has 1 amide bonds. The highest BCUT2D eigenvalue weighted by Gasteiger charge is 2.27. The number of halogens is 1. The minimum Gasteiger partial charge on any atom is -0.338 e. The van der Waals surface area contributed by atoms with Crippen LogP contribution in [-0.4, -0.2) is 39.7 Å². The molecule has 0 bridgehead atoms. The predicted molar refractivity (Wildman–Crippen MR) is 88.3 cm³/mol. The SMILES string of the molecule is Cl.NCC1CCCN1C(=O)Cc1ccc(-n2cccn2)cc1. The lowest BCUT2D eigenvalue weighted by molar-refractivity contribution is -0.131.